The van der Waals surface area contributed by atoms with Crippen LogP contribution in [0.4, 0.5) is 0 Å². The molecule has 1 aliphatic heterocycles. The van der Waals surface area contributed by atoms with Crippen LogP contribution in [0, 0.1) is 0 Å². The fraction of sp³-hybridized carbons (Fsp3) is 0.833. The van der Waals surface area contributed by atoms with Crippen LogP contribution < -0.4 is 0 Å². The second kappa shape index (κ2) is 22.4. The Balaban J connectivity index is 2.06. The molecule has 0 spiro atoms. The van der Waals surface area contributed by atoms with Gasteiger partial charge in [-0.05, 0) is 24.3 Å². The van der Waals surface area contributed by atoms with Crippen molar-refractivity contribution in [3.05, 3.63) is 9.81 Å². The molecule has 0 aromatic rings. The maximum atomic E-state index is 12.9. The van der Waals surface area contributed by atoms with Crippen LogP contribution in [0.15, 0.2) is 9.81 Å². The van der Waals surface area contributed by atoms with Crippen molar-refractivity contribution in [1.29, 1.82) is 0 Å². The zero-order valence-electron chi connectivity index (χ0n) is 22.5. The summed E-state index contributed by atoms with van der Waals surface area (Å²) in [6.07, 6.45) is 4.11. The van der Waals surface area contributed by atoms with Crippen molar-refractivity contribution in [1.82, 2.24) is 4.90 Å². The number of unbranched alkanes of at least 4 members (excludes halogenated alkanes) is 2. The average molecular weight is 618 g/mol. The zero-order valence-corrected chi connectivity index (χ0v) is 25.8. The van der Waals surface area contributed by atoms with E-state index in [1.807, 2.05) is 0 Å². The van der Waals surface area contributed by atoms with Crippen molar-refractivity contribution in [3.8, 4) is 0 Å². The molecule has 0 bridgehead atoms. The molecular formula is C24H43NO9S4. The number of imide groups is 1. The third kappa shape index (κ3) is 16.7. The number of ether oxygens (including phenoxy) is 4. The van der Waals surface area contributed by atoms with Gasteiger partial charge in [0.1, 0.15) is 0 Å². The molecule has 1 aliphatic rings. The molecule has 0 aromatic carbocycles. The molecule has 1 rings (SSSR count). The Hall–Kier alpha value is -0.320. The van der Waals surface area contributed by atoms with Crippen LogP contribution in [0.25, 0.3) is 0 Å². The van der Waals surface area contributed by atoms with Gasteiger partial charge in [0.05, 0.1) is 75.0 Å². The van der Waals surface area contributed by atoms with Crippen molar-refractivity contribution in [2.24, 2.45) is 0 Å². The monoisotopic (exact) mass is 617 g/mol. The fourth-order valence-corrected chi connectivity index (χ4v) is 7.21. The minimum Gasteiger partial charge on any atom is -0.378 e. The van der Waals surface area contributed by atoms with Gasteiger partial charge in [-0.25, -0.2) is 0 Å². The van der Waals surface area contributed by atoms with E-state index in [0.717, 1.165) is 37.2 Å². The number of hydrogen-bond acceptors (Lipinski definition) is 11. The Morgan fingerprint density at radius 1 is 0.684 bits per heavy atom. The van der Waals surface area contributed by atoms with E-state index in [4.69, 9.17) is 23.5 Å². The Kier molecular flexibility index (Phi) is 21.0. The van der Waals surface area contributed by atoms with E-state index in [-0.39, 0.29) is 30.7 Å². The SMILES string of the molecule is CCCCSC1=C(SCCCC)C(=O)N(CCOCCOCCOCCOCCSCCS(=O)(=O)O)C1=O. The van der Waals surface area contributed by atoms with Crippen molar-refractivity contribution in [2.75, 3.05) is 88.2 Å². The van der Waals surface area contributed by atoms with Gasteiger partial charge in [-0.1, -0.05) is 26.7 Å². The third-order valence-corrected chi connectivity index (χ3v) is 9.38. The second-order valence-corrected chi connectivity index (χ2v) is 13.2. The highest BCUT2D eigenvalue weighted by molar-refractivity contribution is 8.08. The lowest BCUT2D eigenvalue weighted by atomic mass is 10.4. The maximum Gasteiger partial charge on any atom is 0.268 e. The maximum absolute atomic E-state index is 12.9. The van der Waals surface area contributed by atoms with Gasteiger partial charge in [0.15, 0.2) is 0 Å². The van der Waals surface area contributed by atoms with Crippen LogP contribution in [-0.2, 0) is 38.7 Å². The van der Waals surface area contributed by atoms with E-state index in [2.05, 4.69) is 13.8 Å². The van der Waals surface area contributed by atoms with Gasteiger partial charge < -0.3 is 18.9 Å². The van der Waals surface area contributed by atoms with E-state index >= 15 is 0 Å². The molecule has 222 valence electrons. The Morgan fingerprint density at radius 3 is 1.58 bits per heavy atom. The van der Waals surface area contributed by atoms with Gasteiger partial charge in [-0.15, -0.1) is 23.5 Å². The first kappa shape index (κ1) is 35.7. The molecule has 0 unspecified atom stereocenters. The van der Waals surface area contributed by atoms with Crippen LogP contribution in [0.5, 0.6) is 0 Å². The van der Waals surface area contributed by atoms with Crippen molar-refractivity contribution in [2.45, 2.75) is 39.5 Å². The summed E-state index contributed by atoms with van der Waals surface area (Å²) >= 11 is 4.39. The van der Waals surface area contributed by atoms with Crippen LogP contribution in [0.1, 0.15) is 39.5 Å². The van der Waals surface area contributed by atoms with E-state index < -0.39 is 10.1 Å². The molecule has 0 saturated carbocycles. The van der Waals surface area contributed by atoms with E-state index in [1.54, 1.807) is 0 Å². The molecule has 38 heavy (non-hydrogen) atoms. The second-order valence-electron chi connectivity index (χ2n) is 8.17. The van der Waals surface area contributed by atoms with Crippen molar-refractivity contribution >= 4 is 57.2 Å². The van der Waals surface area contributed by atoms with Gasteiger partial charge >= 0.3 is 0 Å². The highest BCUT2D eigenvalue weighted by Crippen LogP contribution is 2.37. The van der Waals surface area contributed by atoms with Crippen LogP contribution in [0.3, 0.4) is 0 Å². The highest BCUT2D eigenvalue weighted by Gasteiger charge is 2.38. The van der Waals surface area contributed by atoms with E-state index in [9.17, 15) is 18.0 Å². The standard InChI is InChI=1S/C24H43NO9S4/c1-3-5-16-36-21-22(37-17-6-4-2)24(27)25(23(21)26)7-8-31-9-10-32-11-12-33-13-14-34-15-18-35-19-20-38(28,29)30/h3-20H2,1-2H3,(H,28,29,30). The van der Waals surface area contributed by atoms with Gasteiger partial charge in [0.2, 0.25) is 0 Å². The molecule has 0 aromatic heterocycles. The first-order valence-electron chi connectivity index (χ1n) is 13.0. The van der Waals surface area contributed by atoms with Gasteiger partial charge in [-0.2, -0.15) is 20.2 Å². The number of carbonyl (C=O) groups is 2. The summed E-state index contributed by atoms with van der Waals surface area (Å²) in [4.78, 5) is 28.2. The number of carbonyl (C=O) groups excluding carboxylic acids is 2. The lowest BCUT2D eigenvalue weighted by molar-refractivity contribution is -0.138. The normalized spacial score (nSPS) is 14.3. The first-order valence-corrected chi connectivity index (χ1v) is 17.7. The molecule has 0 radical (unpaired) electrons. The summed E-state index contributed by atoms with van der Waals surface area (Å²) in [6.45, 7) is 7.64. The first-order chi connectivity index (χ1) is 18.3. The number of rotatable bonds is 26. The Labute approximate surface area is 240 Å². The molecule has 0 aliphatic carbocycles. The van der Waals surface area contributed by atoms with Gasteiger partial charge in [0.25, 0.3) is 21.9 Å². The third-order valence-electron chi connectivity index (χ3n) is 5.01. The Morgan fingerprint density at radius 2 is 1.13 bits per heavy atom. The number of hydrogen-bond donors (Lipinski definition) is 1. The van der Waals surface area contributed by atoms with Gasteiger partial charge in [-0.3, -0.25) is 19.0 Å². The predicted molar refractivity (Wildman–Crippen MR) is 155 cm³/mol. The van der Waals surface area contributed by atoms with Crippen molar-refractivity contribution < 1.29 is 41.5 Å². The average Bonchev–Trinajstić information content (AvgIpc) is 3.09. The number of thioether (sulfide) groups is 3. The lowest BCUT2D eigenvalue weighted by Crippen LogP contribution is -2.34. The number of amides is 2. The van der Waals surface area contributed by atoms with Crippen molar-refractivity contribution in [3.63, 3.8) is 0 Å². The molecule has 0 atom stereocenters. The quantitative estimate of drug-likeness (QED) is 0.0869. The molecule has 10 nitrogen and oxygen atoms in total. The molecule has 1 N–H and O–H groups in total. The minimum absolute atomic E-state index is 0.202. The summed E-state index contributed by atoms with van der Waals surface area (Å²) in [7, 11) is -3.89. The summed E-state index contributed by atoms with van der Waals surface area (Å²) in [5.74, 6) is 2.00. The Bertz CT molecular complexity index is 777. The molecule has 0 fully saturated rings. The fourth-order valence-electron chi connectivity index (χ4n) is 2.93. The summed E-state index contributed by atoms with van der Waals surface area (Å²) < 4.78 is 51.6. The molecule has 0 saturated heterocycles. The van der Waals surface area contributed by atoms with E-state index in [1.165, 1.54) is 40.2 Å². The molecule has 14 heteroatoms. The largest absolute Gasteiger partial charge is 0.378 e. The smallest absolute Gasteiger partial charge is 0.268 e. The minimum atomic E-state index is -3.89. The topological polar surface area (TPSA) is 129 Å². The molecule has 1 heterocycles. The summed E-state index contributed by atoms with van der Waals surface area (Å²) in [5, 5.41) is 0. The lowest BCUT2D eigenvalue weighted by Gasteiger charge is -2.15. The van der Waals surface area contributed by atoms with Crippen LogP contribution >= 0.6 is 35.3 Å². The summed E-state index contributed by atoms with van der Waals surface area (Å²) in [6, 6.07) is 0. The van der Waals surface area contributed by atoms with Crippen LogP contribution in [-0.4, -0.2) is 118 Å². The number of nitrogens with zero attached hydrogens (tertiary/aromatic N) is 1. The van der Waals surface area contributed by atoms with Crippen LogP contribution in [0.2, 0.25) is 0 Å². The zero-order chi connectivity index (χ0) is 28.1. The van der Waals surface area contributed by atoms with E-state index in [0.29, 0.717) is 67.6 Å². The molecular weight excluding hydrogens is 575 g/mol. The predicted octanol–water partition coefficient (Wildman–Crippen LogP) is 3.32. The van der Waals surface area contributed by atoms with Gasteiger partial charge in [0, 0.05) is 11.5 Å². The highest BCUT2D eigenvalue weighted by atomic mass is 32.2. The molecule has 2 amide bonds. The summed E-state index contributed by atoms with van der Waals surface area (Å²) in [5.41, 5.74) is 0.